The highest BCUT2D eigenvalue weighted by atomic mass is 16.5. The normalized spacial score (nSPS) is 13.2. The molecule has 0 aliphatic rings. The molecule has 5 heteroatoms. The van der Waals surface area contributed by atoms with Crippen molar-refractivity contribution in [3.05, 3.63) is 0 Å². The molecule has 0 aliphatic carbocycles. The van der Waals surface area contributed by atoms with Crippen LogP contribution in [0, 0.1) is 5.41 Å². The molecule has 0 saturated carbocycles. The van der Waals surface area contributed by atoms with Crippen LogP contribution >= 0.6 is 0 Å². The maximum Gasteiger partial charge on any atom is 0.221 e. The highest BCUT2D eigenvalue weighted by molar-refractivity contribution is 5.77. The highest BCUT2D eigenvalue weighted by Crippen LogP contribution is 2.20. The zero-order valence-electron chi connectivity index (χ0n) is 17.2. The van der Waals surface area contributed by atoms with Crippen LogP contribution in [-0.2, 0) is 19.0 Å². The molecule has 1 amide bonds. The monoisotopic (exact) mass is 345 g/mol. The van der Waals surface area contributed by atoms with Crippen molar-refractivity contribution in [3.8, 4) is 0 Å². The van der Waals surface area contributed by atoms with Gasteiger partial charge in [0.25, 0.3) is 0 Å². The Bertz CT molecular complexity index is 328. The SMILES string of the molecule is CC(C)OCC(COC(C)C)(COC(C)C)NC(=O)CC(C)(C)C. The van der Waals surface area contributed by atoms with E-state index in [2.05, 4.69) is 5.32 Å². The van der Waals surface area contributed by atoms with E-state index >= 15 is 0 Å². The summed E-state index contributed by atoms with van der Waals surface area (Å²) in [4.78, 5) is 12.5. The van der Waals surface area contributed by atoms with Crippen molar-refractivity contribution >= 4 is 5.91 Å². The molecular weight excluding hydrogens is 306 g/mol. The summed E-state index contributed by atoms with van der Waals surface area (Å²) in [5.74, 6) is -0.00503. The Hall–Kier alpha value is -0.650. The lowest BCUT2D eigenvalue weighted by Gasteiger charge is -2.36. The van der Waals surface area contributed by atoms with Crippen LogP contribution in [0.15, 0.2) is 0 Å². The van der Waals surface area contributed by atoms with Gasteiger partial charge in [-0.2, -0.15) is 0 Å². The first-order valence-electron chi connectivity index (χ1n) is 9.01. The lowest BCUT2D eigenvalue weighted by Crippen LogP contribution is -2.59. The minimum atomic E-state index is -0.679. The van der Waals surface area contributed by atoms with Gasteiger partial charge in [0.1, 0.15) is 5.54 Å². The molecular formula is C19H39NO4. The van der Waals surface area contributed by atoms with Gasteiger partial charge >= 0.3 is 0 Å². The average Bonchev–Trinajstić information content (AvgIpc) is 2.38. The second kappa shape index (κ2) is 10.4. The molecule has 0 unspecified atom stereocenters. The quantitative estimate of drug-likeness (QED) is 0.622. The molecule has 0 bridgehead atoms. The van der Waals surface area contributed by atoms with Crippen LogP contribution in [-0.4, -0.2) is 49.6 Å². The van der Waals surface area contributed by atoms with Gasteiger partial charge in [0, 0.05) is 6.42 Å². The van der Waals surface area contributed by atoms with Gasteiger partial charge in [0.05, 0.1) is 38.1 Å². The lowest BCUT2D eigenvalue weighted by atomic mass is 9.91. The lowest BCUT2D eigenvalue weighted by molar-refractivity contribution is -0.132. The van der Waals surface area contributed by atoms with Crippen molar-refractivity contribution in [2.24, 2.45) is 5.41 Å². The van der Waals surface area contributed by atoms with Crippen LogP contribution in [0.5, 0.6) is 0 Å². The van der Waals surface area contributed by atoms with Crippen LogP contribution < -0.4 is 5.32 Å². The number of hydrogen-bond donors (Lipinski definition) is 1. The molecule has 0 heterocycles. The first-order chi connectivity index (χ1) is 10.9. The molecule has 5 nitrogen and oxygen atoms in total. The number of hydrogen-bond acceptors (Lipinski definition) is 4. The third-order valence-electron chi connectivity index (χ3n) is 3.17. The van der Waals surface area contributed by atoms with Crippen LogP contribution in [0.1, 0.15) is 68.7 Å². The summed E-state index contributed by atoms with van der Waals surface area (Å²) in [7, 11) is 0. The van der Waals surface area contributed by atoms with E-state index in [9.17, 15) is 4.79 Å². The van der Waals surface area contributed by atoms with Crippen LogP contribution in [0.3, 0.4) is 0 Å². The predicted molar refractivity (Wildman–Crippen MR) is 98.2 cm³/mol. The number of amides is 1. The Kier molecular flexibility index (Phi) is 10.1. The van der Waals surface area contributed by atoms with Crippen molar-refractivity contribution in [1.29, 1.82) is 0 Å². The summed E-state index contributed by atoms with van der Waals surface area (Å²) in [6.45, 7) is 19.1. The average molecular weight is 346 g/mol. The standard InChI is InChI=1S/C19H39NO4/c1-14(2)22-11-19(12-23-15(3)4,13-24-16(5)6)20-17(21)10-18(7,8)9/h14-16H,10-13H2,1-9H3,(H,20,21). The molecule has 0 atom stereocenters. The van der Waals surface area contributed by atoms with Crippen molar-refractivity contribution in [2.45, 2.75) is 92.6 Å². The number of carbonyl (C=O) groups is 1. The van der Waals surface area contributed by atoms with Crippen molar-refractivity contribution in [2.75, 3.05) is 19.8 Å². The maximum atomic E-state index is 12.5. The smallest absolute Gasteiger partial charge is 0.221 e. The largest absolute Gasteiger partial charge is 0.376 e. The second-order valence-electron chi connectivity index (χ2n) is 8.65. The molecule has 0 aliphatic heterocycles. The molecule has 144 valence electrons. The fourth-order valence-electron chi connectivity index (χ4n) is 2.03. The van der Waals surface area contributed by atoms with E-state index in [1.807, 2.05) is 62.3 Å². The number of carbonyl (C=O) groups excluding carboxylic acids is 1. The Morgan fingerprint density at radius 1 is 0.792 bits per heavy atom. The fourth-order valence-corrected chi connectivity index (χ4v) is 2.03. The summed E-state index contributed by atoms with van der Waals surface area (Å²) in [6, 6.07) is 0. The highest BCUT2D eigenvalue weighted by Gasteiger charge is 2.35. The van der Waals surface area contributed by atoms with Gasteiger partial charge in [-0.25, -0.2) is 0 Å². The minimum Gasteiger partial charge on any atom is -0.376 e. The van der Waals surface area contributed by atoms with E-state index in [0.29, 0.717) is 26.2 Å². The van der Waals surface area contributed by atoms with Gasteiger partial charge in [-0.1, -0.05) is 20.8 Å². The molecule has 0 aromatic heterocycles. The van der Waals surface area contributed by atoms with E-state index in [0.717, 1.165) is 0 Å². The van der Waals surface area contributed by atoms with Crippen molar-refractivity contribution in [3.63, 3.8) is 0 Å². The molecule has 24 heavy (non-hydrogen) atoms. The van der Waals surface area contributed by atoms with E-state index in [-0.39, 0.29) is 29.6 Å². The topological polar surface area (TPSA) is 56.8 Å². The number of nitrogens with one attached hydrogen (secondary N) is 1. The van der Waals surface area contributed by atoms with Crippen LogP contribution in [0.2, 0.25) is 0 Å². The van der Waals surface area contributed by atoms with Gasteiger partial charge < -0.3 is 19.5 Å². The maximum absolute atomic E-state index is 12.5. The fraction of sp³-hybridized carbons (Fsp3) is 0.947. The zero-order chi connectivity index (χ0) is 19.0. The molecule has 0 radical (unpaired) electrons. The van der Waals surface area contributed by atoms with Gasteiger partial charge in [-0.05, 0) is 47.0 Å². The predicted octanol–water partition coefficient (Wildman–Crippen LogP) is 3.55. The molecule has 0 aromatic carbocycles. The van der Waals surface area contributed by atoms with Gasteiger partial charge in [-0.3, -0.25) is 4.79 Å². The van der Waals surface area contributed by atoms with E-state index in [1.54, 1.807) is 0 Å². The van der Waals surface area contributed by atoms with E-state index < -0.39 is 5.54 Å². The second-order valence-corrected chi connectivity index (χ2v) is 8.65. The summed E-state index contributed by atoms with van der Waals surface area (Å²) in [5.41, 5.74) is -0.756. The summed E-state index contributed by atoms with van der Waals surface area (Å²) in [6.07, 6.45) is 0.658. The van der Waals surface area contributed by atoms with Crippen LogP contribution in [0.4, 0.5) is 0 Å². The molecule has 1 N–H and O–H groups in total. The zero-order valence-corrected chi connectivity index (χ0v) is 17.2. The Morgan fingerprint density at radius 2 is 1.12 bits per heavy atom. The third kappa shape index (κ3) is 11.8. The summed E-state index contributed by atoms with van der Waals surface area (Å²) >= 11 is 0. The first-order valence-corrected chi connectivity index (χ1v) is 9.01. The Labute approximate surface area is 148 Å². The molecule has 0 spiro atoms. The molecule has 0 aromatic rings. The van der Waals surface area contributed by atoms with Crippen molar-refractivity contribution in [1.82, 2.24) is 5.32 Å². The Balaban J connectivity index is 5.21. The molecule has 0 rings (SSSR count). The van der Waals surface area contributed by atoms with Crippen molar-refractivity contribution < 1.29 is 19.0 Å². The summed E-state index contributed by atoms with van der Waals surface area (Å²) < 4.78 is 17.5. The number of rotatable bonds is 11. The van der Waals surface area contributed by atoms with E-state index in [4.69, 9.17) is 14.2 Å². The summed E-state index contributed by atoms with van der Waals surface area (Å²) in [5, 5.41) is 3.14. The number of ether oxygens (including phenoxy) is 3. The van der Waals surface area contributed by atoms with E-state index in [1.165, 1.54) is 0 Å². The van der Waals surface area contributed by atoms with Gasteiger partial charge in [0.15, 0.2) is 0 Å². The first kappa shape index (κ1) is 23.4. The van der Waals surface area contributed by atoms with Crippen LogP contribution in [0.25, 0.3) is 0 Å². The third-order valence-corrected chi connectivity index (χ3v) is 3.17. The Morgan fingerprint density at radius 3 is 1.38 bits per heavy atom. The van der Waals surface area contributed by atoms with Gasteiger partial charge in [-0.15, -0.1) is 0 Å². The molecule has 0 saturated heterocycles. The van der Waals surface area contributed by atoms with Gasteiger partial charge in [0.2, 0.25) is 5.91 Å². The minimum absolute atomic E-state index is 0.00503. The molecule has 0 fully saturated rings.